The first-order valence-corrected chi connectivity index (χ1v) is 10.1. The average molecular weight is 373 g/mol. The van der Waals surface area contributed by atoms with E-state index in [-0.39, 0.29) is 11.5 Å². The van der Waals surface area contributed by atoms with Crippen molar-refractivity contribution in [2.45, 2.75) is 38.2 Å². The topological polar surface area (TPSA) is 63.7 Å². The second kappa shape index (κ2) is 7.60. The van der Waals surface area contributed by atoms with Crippen molar-refractivity contribution in [2.75, 3.05) is 13.1 Å². The minimum atomic E-state index is -3.46. The molecule has 0 aliphatic carbocycles. The van der Waals surface area contributed by atoms with Crippen molar-refractivity contribution in [1.82, 2.24) is 4.31 Å². The van der Waals surface area contributed by atoms with Crippen molar-refractivity contribution in [3.63, 3.8) is 0 Å². The summed E-state index contributed by atoms with van der Waals surface area (Å²) in [6, 6.07) is 12.0. The molecule has 1 aliphatic rings. The molecule has 6 heteroatoms. The van der Waals surface area contributed by atoms with Gasteiger partial charge in [-0.15, -0.1) is 0 Å². The molecule has 1 heterocycles. The van der Waals surface area contributed by atoms with Gasteiger partial charge in [-0.25, -0.2) is 13.2 Å². The van der Waals surface area contributed by atoms with Gasteiger partial charge in [-0.1, -0.05) is 29.3 Å². The van der Waals surface area contributed by atoms with Crippen LogP contribution in [0.15, 0.2) is 47.4 Å². The molecule has 0 spiro atoms. The molecule has 0 atom stereocenters. The van der Waals surface area contributed by atoms with Gasteiger partial charge in [0.2, 0.25) is 10.0 Å². The highest BCUT2D eigenvalue weighted by molar-refractivity contribution is 7.89. The summed E-state index contributed by atoms with van der Waals surface area (Å²) in [5.41, 5.74) is 3.51. The molecule has 0 N–H and O–H groups in total. The van der Waals surface area contributed by atoms with Crippen LogP contribution in [0, 0.1) is 13.8 Å². The maximum atomic E-state index is 12.5. The largest absolute Gasteiger partial charge is 0.457 e. The molecule has 2 aromatic rings. The molecule has 0 amide bonds. The number of carbonyl (C=O) groups is 1. The van der Waals surface area contributed by atoms with Gasteiger partial charge in [-0.05, 0) is 56.5 Å². The molecule has 5 nitrogen and oxygen atoms in total. The maximum absolute atomic E-state index is 12.5. The fourth-order valence-electron chi connectivity index (χ4n) is 3.23. The van der Waals surface area contributed by atoms with E-state index in [1.807, 2.05) is 26.0 Å². The number of benzene rings is 2. The van der Waals surface area contributed by atoms with E-state index in [2.05, 4.69) is 6.07 Å². The molecule has 0 radical (unpaired) electrons. The van der Waals surface area contributed by atoms with Gasteiger partial charge in [0.15, 0.2) is 0 Å². The zero-order valence-corrected chi connectivity index (χ0v) is 15.9. The SMILES string of the molecule is Cc1cc(C)cc(COC(=O)c2ccc(S(=O)(=O)N3CCCC3)cc2)c1. The molecule has 2 aromatic carbocycles. The fraction of sp³-hybridized carbons (Fsp3) is 0.350. The summed E-state index contributed by atoms with van der Waals surface area (Å²) in [6.07, 6.45) is 1.78. The summed E-state index contributed by atoms with van der Waals surface area (Å²) in [7, 11) is -3.46. The minimum absolute atomic E-state index is 0.190. The molecule has 0 unspecified atom stereocenters. The van der Waals surface area contributed by atoms with Gasteiger partial charge in [0, 0.05) is 13.1 Å². The molecule has 0 bridgehead atoms. The van der Waals surface area contributed by atoms with Crippen LogP contribution in [0.1, 0.15) is 39.9 Å². The number of ether oxygens (including phenoxy) is 1. The molecular formula is C20H23NO4S. The predicted octanol–water partition coefficient (Wildman–Crippen LogP) is 3.44. The molecule has 0 saturated carbocycles. The van der Waals surface area contributed by atoms with Crippen LogP contribution in [0.3, 0.4) is 0 Å². The molecule has 3 rings (SSSR count). The van der Waals surface area contributed by atoms with Gasteiger partial charge in [0.25, 0.3) is 0 Å². The first kappa shape index (κ1) is 18.6. The number of esters is 1. The number of sulfonamides is 1. The molecule has 1 aliphatic heterocycles. The number of rotatable bonds is 5. The van der Waals surface area contributed by atoms with Crippen LogP contribution in [0.2, 0.25) is 0 Å². The number of nitrogens with zero attached hydrogens (tertiary/aromatic N) is 1. The number of hydrogen-bond acceptors (Lipinski definition) is 4. The van der Waals surface area contributed by atoms with E-state index >= 15 is 0 Å². The van der Waals surface area contributed by atoms with Crippen LogP contribution in [0.25, 0.3) is 0 Å². The van der Waals surface area contributed by atoms with Crippen LogP contribution >= 0.6 is 0 Å². The summed E-state index contributed by atoms with van der Waals surface area (Å²) < 4.78 is 31.8. The fourth-order valence-corrected chi connectivity index (χ4v) is 4.74. The molecule has 1 fully saturated rings. The summed E-state index contributed by atoms with van der Waals surface area (Å²) in [5, 5.41) is 0. The van der Waals surface area contributed by atoms with Crippen molar-refractivity contribution in [3.05, 3.63) is 64.7 Å². The summed E-state index contributed by atoms with van der Waals surface area (Å²) in [6.45, 7) is 5.30. The second-order valence-electron chi connectivity index (χ2n) is 6.71. The number of hydrogen-bond donors (Lipinski definition) is 0. The van der Waals surface area contributed by atoms with E-state index < -0.39 is 16.0 Å². The van der Waals surface area contributed by atoms with Crippen molar-refractivity contribution in [3.8, 4) is 0 Å². The van der Waals surface area contributed by atoms with Crippen molar-refractivity contribution in [2.24, 2.45) is 0 Å². The highest BCUT2D eigenvalue weighted by Crippen LogP contribution is 2.21. The Morgan fingerprint density at radius 2 is 1.58 bits per heavy atom. The smallest absolute Gasteiger partial charge is 0.338 e. The van der Waals surface area contributed by atoms with Crippen LogP contribution in [0.4, 0.5) is 0 Å². The summed E-state index contributed by atoms with van der Waals surface area (Å²) >= 11 is 0. The van der Waals surface area contributed by atoms with Gasteiger partial charge in [0.1, 0.15) is 6.61 Å². The molecular weight excluding hydrogens is 350 g/mol. The first-order valence-electron chi connectivity index (χ1n) is 8.71. The van der Waals surface area contributed by atoms with E-state index in [1.54, 1.807) is 0 Å². The third-order valence-electron chi connectivity index (χ3n) is 4.44. The summed E-state index contributed by atoms with van der Waals surface area (Å²) in [4.78, 5) is 12.4. The third kappa shape index (κ3) is 4.14. The van der Waals surface area contributed by atoms with Gasteiger partial charge in [-0.2, -0.15) is 4.31 Å². The van der Waals surface area contributed by atoms with E-state index in [0.29, 0.717) is 18.7 Å². The lowest BCUT2D eigenvalue weighted by atomic mass is 10.1. The van der Waals surface area contributed by atoms with Gasteiger partial charge >= 0.3 is 5.97 Å². The minimum Gasteiger partial charge on any atom is -0.457 e. The Labute approximate surface area is 154 Å². The molecule has 26 heavy (non-hydrogen) atoms. The Kier molecular flexibility index (Phi) is 5.44. The zero-order chi connectivity index (χ0) is 18.7. The average Bonchev–Trinajstić information content (AvgIpc) is 3.14. The molecule has 0 aromatic heterocycles. The third-order valence-corrected chi connectivity index (χ3v) is 6.36. The normalized spacial score (nSPS) is 15.2. The Balaban J connectivity index is 1.67. The lowest BCUT2D eigenvalue weighted by Gasteiger charge is -2.15. The van der Waals surface area contributed by atoms with Crippen LogP contribution < -0.4 is 0 Å². The second-order valence-corrected chi connectivity index (χ2v) is 8.65. The van der Waals surface area contributed by atoms with Crippen LogP contribution in [0.5, 0.6) is 0 Å². The van der Waals surface area contributed by atoms with Gasteiger partial charge < -0.3 is 4.74 Å². The first-order chi connectivity index (χ1) is 12.4. The number of aryl methyl sites for hydroxylation is 2. The highest BCUT2D eigenvalue weighted by Gasteiger charge is 2.27. The quantitative estimate of drug-likeness (QED) is 0.753. The van der Waals surface area contributed by atoms with Crippen molar-refractivity contribution in [1.29, 1.82) is 0 Å². The van der Waals surface area contributed by atoms with E-state index in [9.17, 15) is 13.2 Å². The number of carbonyl (C=O) groups excluding carboxylic acids is 1. The lowest BCUT2D eigenvalue weighted by Crippen LogP contribution is -2.27. The highest BCUT2D eigenvalue weighted by atomic mass is 32.2. The van der Waals surface area contributed by atoms with E-state index in [0.717, 1.165) is 29.5 Å². The Bertz CT molecular complexity index is 878. The Hall–Kier alpha value is -2.18. The molecule has 138 valence electrons. The van der Waals surface area contributed by atoms with Crippen molar-refractivity contribution >= 4 is 16.0 Å². The Morgan fingerprint density at radius 3 is 2.15 bits per heavy atom. The molecule has 1 saturated heterocycles. The monoisotopic (exact) mass is 373 g/mol. The van der Waals surface area contributed by atoms with E-state index in [1.165, 1.54) is 28.6 Å². The predicted molar refractivity (Wildman–Crippen MR) is 99.5 cm³/mol. The Morgan fingerprint density at radius 1 is 1.00 bits per heavy atom. The maximum Gasteiger partial charge on any atom is 0.338 e. The van der Waals surface area contributed by atoms with Crippen LogP contribution in [-0.4, -0.2) is 31.8 Å². The van der Waals surface area contributed by atoms with Gasteiger partial charge in [-0.3, -0.25) is 0 Å². The standard InChI is InChI=1S/C20H23NO4S/c1-15-11-16(2)13-17(12-15)14-25-20(22)18-5-7-19(8-6-18)26(23,24)21-9-3-4-10-21/h5-8,11-13H,3-4,9-10,14H2,1-2H3. The van der Waals surface area contributed by atoms with Gasteiger partial charge in [0.05, 0.1) is 10.5 Å². The zero-order valence-electron chi connectivity index (χ0n) is 15.1. The lowest BCUT2D eigenvalue weighted by molar-refractivity contribution is 0.0472. The van der Waals surface area contributed by atoms with E-state index in [4.69, 9.17) is 4.74 Å². The van der Waals surface area contributed by atoms with Crippen molar-refractivity contribution < 1.29 is 17.9 Å². The van der Waals surface area contributed by atoms with Crippen LogP contribution in [-0.2, 0) is 21.4 Å². The summed E-state index contributed by atoms with van der Waals surface area (Å²) in [5.74, 6) is -0.464.